The van der Waals surface area contributed by atoms with Crippen LogP contribution in [-0.2, 0) is 6.18 Å². The van der Waals surface area contributed by atoms with Gasteiger partial charge in [-0.15, -0.1) is 0 Å². The molecule has 1 N–H and O–H groups in total. The molecule has 36 heavy (non-hydrogen) atoms. The van der Waals surface area contributed by atoms with Crippen molar-refractivity contribution in [1.82, 2.24) is 15.0 Å². The van der Waals surface area contributed by atoms with Crippen molar-refractivity contribution >= 4 is 29.4 Å². The number of nitrogens with one attached hydrogen (secondary N) is 1. The Labute approximate surface area is 213 Å². The lowest BCUT2D eigenvalue weighted by Gasteiger charge is -2.29. The van der Waals surface area contributed by atoms with Crippen molar-refractivity contribution in [1.29, 1.82) is 0 Å². The van der Waals surface area contributed by atoms with Crippen LogP contribution in [0.25, 0.3) is 17.1 Å². The Morgan fingerprint density at radius 2 is 1.67 bits per heavy atom. The van der Waals surface area contributed by atoms with Gasteiger partial charge in [-0.3, -0.25) is 0 Å². The monoisotopic (exact) mass is 511 g/mol. The van der Waals surface area contributed by atoms with Gasteiger partial charge in [0.2, 0.25) is 11.9 Å². The van der Waals surface area contributed by atoms with E-state index in [4.69, 9.17) is 0 Å². The first kappa shape index (κ1) is 24.6. The van der Waals surface area contributed by atoms with Gasteiger partial charge in [0.05, 0.1) is 5.56 Å². The highest BCUT2D eigenvalue weighted by Crippen LogP contribution is 2.41. The summed E-state index contributed by atoms with van der Waals surface area (Å²) in [5.41, 5.74) is 3.63. The first-order chi connectivity index (χ1) is 17.3. The zero-order valence-corrected chi connectivity index (χ0v) is 21.1. The molecule has 1 fully saturated rings. The van der Waals surface area contributed by atoms with Crippen molar-refractivity contribution in [3.8, 4) is 11.4 Å². The number of rotatable bonds is 5. The average molecular weight is 512 g/mol. The van der Waals surface area contributed by atoms with Crippen molar-refractivity contribution < 1.29 is 13.2 Å². The third-order valence-corrected chi connectivity index (χ3v) is 7.71. The van der Waals surface area contributed by atoms with Crippen LogP contribution in [0.2, 0.25) is 0 Å². The second kappa shape index (κ2) is 10.1. The Hall–Kier alpha value is -3.07. The Morgan fingerprint density at radius 1 is 0.972 bits per heavy atom. The largest absolute Gasteiger partial charge is 0.417 e. The summed E-state index contributed by atoms with van der Waals surface area (Å²) in [5.74, 6) is 2.93. The Balaban J connectivity index is 1.61. The molecule has 1 saturated heterocycles. The van der Waals surface area contributed by atoms with Crippen LogP contribution in [0.4, 0.5) is 25.1 Å². The van der Waals surface area contributed by atoms with Crippen LogP contribution in [0.1, 0.15) is 49.3 Å². The summed E-state index contributed by atoms with van der Waals surface area (Å²) in [4.78, 5) is 15.7. The summed E-state index contributed by atoms with van der Waals surface area (Å²) < 4.78 is 41.5. The predicted octanol–water partition coefficient (Wildman–Crippen LogP) is 6.85. The van der Waals surface area contributed by atoms with Gasteiger partial charge in [0.1, 0.15) is 0 Å². The number of nitrogens with zero attached hydrogens (tertiary/aromatic N) is 4. The molecule has 0 radical (unpaired) electrons. The maximum absolute atomic E-state index is 13.8. The van der Waals surface area contributed by atoms with E-state index in [1.807, 2.05) is 28.8 Å². The summed E-state index contributed by atoms with van der Waals surface area (Å²) in [5, 5.41) is 3.38. The fourth-order valence-electron chi connectivity index (χ4n) is 4.91. The summed E-state index contributed by atoms with van der Waals surface area (Å²) >= 11 is 1.84. The van der Waals surface area contributed by atoms with E-state index in [9.17, 15) is 13.2 Å². The maximum atomic E-state index is 13.8. The van der Waals surface area contributed by atoms with E-state index >= 15 is 0 Å². The zero-order chi connectivity index (χ0) is 25.3. The Bertz CT molecular complexity index is 1280. The molecule has 0 amide bonds. The first-order valence-electron chi connectivity index (χ1n) is 12.2. The van der Waals surface area contributed by atoms with Crippen LogP contribution in [0.15, 0.2) is 54.1 Å². The number of allylic oxidation sites excluding steroid dienone is 1. The van der Waals surface area contributed by atoms with Gasteiger partial charge in [0.15, 0.2) is 5.82 Å². The van der Waals surface area contributed by atoms with Gasteiger partial charge >= 0.3 is 6.18 Å². The van der Waals surface area contributed by atoms with Crippen molar-refractivity contribution in [3.05, 3.63) is 70.8 Å². The zero-order valence-electron chi connectivity index (χ0n) is 20.3. The van der Waals surface area contributed by atoms with E-state index in [1.165, 1.54) is 23.3 Å². The summed E-state index contributed by atoms with van der Waals surface area (Å²) in [6.07, 6.45) is -2.58. The quantitative estimate of drug-likeness (QED) is 0.404. The molecule has 0 bridgehead atoms. The van der Waals surface area contributed by atoms with E-state index < -0.39 is 11.7 Å². The molecule has 188 valence electrons. The standard InChI is InChI=1S/C27H28F3N5S/c1-3-18-16-17(2)23(20-9-5-4-8-19(18)20)31-25-32-24(21-10-6-7-11-22(21)27(28,29)30)33-26(34-25)35-12-14-36-15-13-35/h4-11,18H,3,12-16H2,1-2H3,(H,31,32,33,34). The summed E-state index contributed by atoms with van der Waals surface area (Å²) in [6.45, 7) is 5.74. The SMILES string of the molecule is CCC1CC(C)=C(Nc2nc(-c3ccccc3C(F)(F)F)nc(N3CCSCC3)n2)c2ccccc21. The smallest absolute Gasteiger partial charge is 0.339 e. The number of fused-ring (bicyclic) bond motifs is 1. The van der Waals surface area contributed by atoms with Crippen LogP contribution < -0.4 is 10.2 Å². The van der Waals surface area contributed by atoms with Gasteiger partial charge in [0.25, 0.3) is 0 Å². The van der Waals surface area contributed by atoms with Gasteiger partial charge < -0.3 is 10.2 Å². The van der Waals surface area contributed by atoms with Crippen LogP contribution >= 0.6 is 11.8 Å². The number of alkyl halides is 3. The second-order valence-corrected chi connectivity index (χ2v) is 10.3. The molecular weight excluding hydrogens is 483 g/mol. The number of aromatic nitrogens is 3. The Morgan fingerprint density at radius 3 is 2.39 bits per heavy atom. The van der Waals surface area contributed by atoms with Crippen molar-refractivity contribution in [2.75, 3.05) is 34.8 Å². The molecule has 1 aliphatic carbocycles. The fraction of sp³-hybridized carbons (Fsp3) is 0.370. The third-order valence-electron chi connectivity index (χ3n) is 6.77. The summed E-state index contributed by atoms with van der Waals surface area (Å²) in [6, 6.07) is 13.7. The number of hydrogen-bond donors (Lipinski definition) is 1. The molecule has 2 heterocycles. The number of hydrogen-bond acceptors (Lipinski definition) is 6. The van der Waals surface area contributed by atoms with Crippen LogP contribution in [0.3, 0.4) is 0 Å². The molecule has 1 aliphatic heterocycles. The minimum Gasteiger partial charge on any atom is -0.339 e. The van der Waals surface area contributed by atoms with E-state index in [1.54, 1.807) is 6.07 Å². The molecule has 0 saturated carbocycles. The van der Waals surface area contributed by atoms with Gasteiger partial charge in [-0.1, -0.05) is 49.4 Å². The van der Waals surface area contributed by atoms with Crippen LogP contribution in [0.5, 0.6) is 0 Å². The molecule has 5 rings (SSSR count). The highest BCUT2D eigenvalue weighted by molar-refractivity contribution is 7.99. The molecule has 2 aromatic carbocycles. The van der Waals surface area contributed by atoms with Gasteiger partial charge in [-0.25, -0.2) is 0 Å². The van der Waals surface area contributed by atoms with E-state index in [2.05, 4.69) is 46.2 Å². The number of thioether (sulfide) groups is 1. The lowest BCUT2D eigenvalue weighted by atomic mass is 9.80. The highest BCUT2D eigenvalue weighted by Gasteiger charge is 2.34. The van der Waals surface area contributed by atoms with Crippen molar-refractivity contribution in [2.45, 2.75) is 38.8 Å². The molecule has 2 aliphatic rings. The lowest BCUT2D eigenvalue weighted by Crippen LogP contribution is -2.34. The molecule has 1 atom stereocenters. The summed E-state index contributed by atoms with van der Waals surface area (Å²) in [7, 11) is 0. The van der Waals surface area contributed by atoms with E-state index in [0.29, 0.717) is 11.9 Å². The number of anilines is 2. The van der Waals surface area contributed by atoms with Crippen molar-refractivity contribution in [2.24, 2.45) is 0 Å². The van der Waals surface area contributed by atoms with Gasteiger partial charge in [-0.05, 0) is 42.9 Å². The first-order valence-corrected chi connectivity index (χ1v) is 13.3. The molecule has 5 nitrogen and oxygen atoms in total. The normalized spacial score (nSPS) is 18.2. The lowest BCUT2D eigenvalue weighted by molar-refractivity contribution is -0.137. The molecule has 1 unspecified atom stereocenters. The molecular formula is C27H28F3N5S. The van der Waals surface area contributed by atoms with Crippen LogP contribution in [0, 0.1) is 0 Å². The number of halogens is 3. The predicted molar refractivity (Wildman–Crippen MR) is 140 cm³/mol. The molecule has 9 heteroatoms. The minimum absolute atomic E-state index is 0.0161. The van der Waals surface area contributed by atoms with Crippen molar-refractivity contribution in [3.63, 3.8) is 0 Å². The number of benzene rings is 2. The maximum Gasteiger partial charge on any atom is 0.417 e. The average Bonchev–Trinajstić information content (AvgIpc) is 2.90. The van der Waals surface area contributed by atoms with Gasteiger partial charge in [-0.2, -0.15) is 39.9 Å². The van der Waals surface area contributed by atoms with E-state index in [-0.39, 0.29) is 17.3 Å². The molecule has 3 aromatic rings. The highest BCUT2D eigenvalue weighted by atomic mass is 32.2. The van der Waals surface area contributed by atoms with Gasteiger partial charge in [0, 0.05) is 41.4 Å². The van der Waals surface area contributed by atoms with E-state index in [0.717, 1.165) is 54.8 Å². The third kappa shape index (κ3) is 4.93. The Kier molecular flexibility index (Phi) is 6.92. The second-order valence-electron chi connectivity index (χ2n) is 9.10. The van der Waals surface area contributed by atoms with Crippen LogP contribution in [-0.4, -0.2) is 39.5 Å². The fourth-order valence-corrected chi connectivity index (χ4v) is 5.82. The molecule has 1 aromatic heterocycles. The topological polar surface area (TPSA) is 53.9 Å². The minimum atomic E-state index is -4.52. The molecule has 0 spiro atoms.